The topological polar surface area (TPSA) is 58.4 Å². The van der Waals surface area contributed by atoms with Gasteiger partial charge in [0.25, 0.3) is 5.91 Å². The SMILES string of the molecule is CCN(Cc1ccc(C(=O)NC(C)(CN)C(C)C)cc1)C(C)C.Cl.Cl. The highest BCUT2D eigenvalue weighted by atomic mass is 35.5. The lowest BCUT2D eigenvalue weighted by atomic mass is 9.88. The van der Waals surface area contributed by atoms with Crippen LogP contribution in [0.25, 0.3) is 0 Å². The van der Waals surface area contributed by atoms with Gasteiger partial charge in [-0.15, -0.1) is 24.8 Å². The molecule has 0 fully saturated rings. The van der Waals surface area contributed by atoms with E-state index < -0.39 is 0 Å². The van der Waals surface area contributed by atoms with Crippen LogP contribution in [0, 0.1) is 5.92 Å². The van der Waals surface area contributed by atoms with Crippen LogP contribution in [0.1, 0.15) is 57.5 Å². The fourth-order valence-electron chi connectivity index (χ4n) is 2.42. The van der Waals surface area contributed by atoms with Crippen LogP contribution in [0.4, 0.5) is 0 Å². The third-order valence-corrected chi connectivity index (χ3v) is 4.84. The fourth-order valence-corrected chi connectivity index (χ4v) is 2.42. The van der Waals surface area contributed by atoms with Crippen molar-refractivity contribution in [2.45, 2.75) is 59.7 Å². The molecule has 0 aromatic heterocycles. The van der Waals surface area contributed by atoms with E-state index in [1.807, 2.05) is 31.2 Å². The van der Waals surface area contributed by atoms with Crippen LogP contribution in [-0.2, 0) is 6.54 Å². The molecule has 25 heavy (non-hydrogen) atoms. The summed E-state index contributed by atoms with van der Waals surface area (Å²) in [6.45, 7) is 15.0. The van der Waals surface area contributed by atoms with Crippen molar-refractivity contribution < 1.29 is 4.79 Å². The Morgan fingerprint density at radius 2 is 1.68 bits per heavy atom. The normalized spacial score (nSPS) is 13.2. The smallest absolute Gasteiger partial charge is 0.251 e. The number of hydrogen-bond acceptors (Lipinski definition) is 3. The highest BCUT2D eigenvalue weighted by molar-refractivity contribution is 5.94. The molecule has 0 heterocycles. The quantitative estimate of drug-likeness (QED) is 0.706. The van der Waals surface area contributed by atoms with Crippen LogP contribution in [0.3, 0.4) is 0 Å². The van der Waals surface area contributed by atoms with E-state index in [0.717, 1.165) is 13.1 Å². The van der Waals surface area contributed by atoms with Gasteiger partial charge in [-0.25, -0.2) is 0 Å². The maximum Gasteiger partial charge on any atom is 0.251 e. The van der Waals surface area contributed by atoms with Crippen molar-refractivity contribution in [2.75, 3.05) is 13.1 Å². The summed E-state index contributed by atoms with van der Waals surface area (Å²) in [6.07, 6.45) is 0. The van der Waals surface area contributed by atoms with Gasteiger partial charge in [0.05, 0.1) is 5.54 Å². The van der Waals surface area contributed by atoms with Crippen LogP contribution in [-0.4, -0.2) is 35.5 Å². The Labute approximate surface area is 165 Å². The second kappa shape index (κ2) is 11.7. The number of amides is 1. The Balaban J connectivity index is 0. The molecule has 0 bridgehead atoms. The van der Waals surface area contributed by atoms with E-state index in [2.05, 4.69) is 44.8 Å². The van der Waals surface area contributed by atoms with Gasteiger partial charge < -0.3 is 11.1 Å². The molecule has 3 N–H and O–H groups in total. The molecule has 0 saturated carbocycles. The van der Waals surface area contributed by atoms with E-state index >= 15 is 0 Å². The number of carbonyl (C=O) groups is 1. The summed E-state index contributed by atoms with van der Waals surface area (Å²) < 4.78 is 0. The molecule has 0 aliphatic carbocycles. The Morgan fingerprint density at radius 3 is 2.04 bits per heavy atom. The first-order valence-corrected chi connectivity index (χ1v) is 8.59. The van der Waals surface area contributed by atoms with Crippen LogP contribution in [0.5, 0.6) is 0 Å². The molecule has 0 spiro atoms. The Morgan fingerprint density at radius 1 is 1.16 bits per heavy atom. The predicted molar refractivity (Wildman–Crippen MR) is 112 cm³/mol. The molecule has 1 amide bonds. The number of rotatable bonds is 8. The van der Waals surface area contributed by atoms with Crippen molar-refractivity contribution in [3.05, 3.63) is 35.4 Å². The van der Waals surface area contributed by atoms with Crippen LogP contribution < -0.4 is 11.1 Å². The Kier molecular flexibility index (Phi) is 12.4. The van der Waals surface area contributed by atoms with Gasteiger partial charge in [0.1, 0.15) is 0 Å². The van der Waals surface area contributed by atoms with Gasteiger partial charge in [-0.05, 0) is 50.9 Å². The fraction of sp³-hybridized carbons (Fsp3) is 0.632. The van der Waals surface area contributed by atoms with Gasteiger partial charge in [-0.3, -0.25) is 9.69 Å². The number of nitrogens with one attached hydrogen (secondary N) is 1. The minimum absolute atomic E-state index is 0. The summed E-state index contributed by atoms with van der Waals surface area (Å²) in [7, 11) is 0. The van der Waals surface area contributed by atoms with Gasteiger partial charge in [-0.1, -0.05) is 32.9 Å². The maximum atomic E-state index is 12.4. The molecule has 6 heteroatoms. The lowest BCUT2D eigenvalue weighted by Crippen LogP contribution is -2.55. The number of benzene rings is 1. The largest absolute Gasteiger partial charge is 0.345 e. The summed E-state index contributed by atoms with van der Waals surface area (Å²) >= 11 is 0. The molecule has 1 rings (SSSR count). The van der Waals surface area contributed by atoms with Crippen LogP contribution in [0.2, 0.25) is 0 Å². The zero-order valence-corrected chi connectivity index (χ0v) is 18.0. The minimum Gasteiger partial charge on any atom is -0.345 e. The van der Waals surface area contributed by atoms with Gasteiger partial charge in [0.15, 0.2) is 0 Å². The highest BCUT2D eigenvalue weighted by Gasteiger charge is 2.28. The van der Waals surface area contributed by atoms with E-state index in [9.17, 15) is 4.79 Å². The minimum atomic E-state index is -0.383. The van der Waals surface area contributed by atoms with E-state index in [-0.39, 0.29) is 42.2 Å². The second-order valence-electron chi connectivity index (χ2n) is 7.08. The van der Waals surface area contributed by atoms with E-state index in [4.69, 9.17) is 5.73 Å². The molecule has 1 aromatic rings. The lowest BCUT2D eigenvalue weighted by Gasteiger charge is -2.33. The summed E-state index contributed by atoms with van der Waals surface area (Å²) in [5.41, 5.74) is 7.36. The number of nitrogens with two attached hydrogens (primary N) is 1. The molecule has 0 aliphatic rings. The van der Waals surface area contributed by atoms with Gasteiger partial charge in [-0.2, -0.15) is 0 Å². The van der Waals surface area contributed by atoms with Gasteiger partial charge in [0, 0.05) is 24.7 Å². The lowest BCUT2D eigenvalue weighted by molar-refractivity contribution is 0.0883. The first-order chi connectivity index (χ1) is 10.7. The maximum absolute atomic E-state index is 12.4. The molecule has 0 saturated heterocycles. The standard InChI is InChI=1S/C19H33N3O.2ClH/c1-7-22(15(4)5)12-16-8-10-17(11-9-16)18(23)21-19(6,13-20)14(2)3;;/h8-11,14-15H,7,12-13,20H2,1-6H3,(H,21,23);2*1H. The first kappa shape index (κ1) is 26.4. The Bertz CT molecular complexity index is 506. The number of carbonyl (C=O) groups excluding carboxylic acids is 1. The third-order valence-electron chi connectivity index (χ3n) is 4.84. The van der Waals surface area contributed by atoms with Crippen molar-refractivity contribution in [3.8, 4) is 0 Å². The molecular formula is C19H35Cl2N3O. The van der Waals surface area contributed by atoms with Crippen molar-refractivity contribution in [1.29, 1.82) is 0 Å². The van der Waals surface area contributed by atoms with Crippen molar-refractivity contribution in [2.24, 2.45) is 11.7 Å². The molecule has 146 valence electrons. The molecule has 0 radical (unpaired) electrons. The second-order valence-corrected chi connectivity index (χ2v) is 7.08. The zero-order chi connectivity index (χ0) is 17.6. The van der Waals surface area contributed by atoms with Crippen molar-refractivity contribution in [1.82, 2.24) is 10.2 Å². The van der Waals surface area contributed by atoms with Crippen LogP contribution >= 0.6 is 24.8 Å². The van der Waals surface area contributed by atoms with E-state index in [1.54, 1.807) is 0 Å². The molecule has 1 aromatic carbocycles. The van der Waals surface area contributed by atoms with E-state index in [0.29, 0.717) is 18.2 Å². The van der Waals surface area contributed by atoms with Crippen molar-refractivity contribution >= 4 is 30.7 Å². The summed E-state index contributed by atoms with van der Waals surface area (Å²) in [5.74, 6) is 0.217. The zero-order valence-electron chi connectivity index (χ0n) is 16.3. The summed E-state index contributed by atoms with van der Waals surface area (Å²) in [4.78, 5) is 14.8. The third kappa shape index (κ3) is 7.53. The van der Waals surface area contributed by atoms with Gasteiger partial charge in [0.2, 0.25) is 0 Å². The first-order valence-electron chi connectivity index (χ1n) is 8.59. The predicted octanol–water partition coefficient (Wildman–Crippen LogP) is 3.86. The molecule has 1 unspecified atom stereocenters. The number of halogens is 2. The number of hydrogen-bond donors (Lipinski definition) is 2. The molecule has 0 aliphatic heterocycles. The number of nitrogens with zero attached hydrogens (tertiary/aromatic N) is 1. The Hall–Kier alpha value is -0.810. The molecule has 1 atom stereocenters. The summed E-state index contributed by atoms with van der Waals surface area (Å²) in [5, 5.41) is 3.07. The highest BCUT2D eigenvalue weighted by Crippen LogP contribution is 2.16. The molecule has 4 nitrogen and oxygen atoms in total. The van der Waals surface area contributed by atoms with Gasteiger partial charge >= 0.3 is 0 Å². The van der Waals surface area contributed by atoms with E-state index in [1.165, 1.54) is 5.56 Å². The van der Waals surface area contributed by atoms with Crippen LogP contribution in [0.15, 0.2) is 24.3 Å². The average molecular weight is 392 g/mol. The summed E-state index contributed by atoms with van der Waals surface area (Å²) in [6, 6.07) is 8.38. The van der Waals surface area contributed by atoms with Crippen molar-refractivity contribution in [3.63, 3.8) is 0 Å². The molecular weight excluding hydrogens is 357 g/mol. The average Bonchev–Trinajstić information content (AvgIpc) is 2.52. The monoisotopic (exact) mass is 391 g/mol.